The van der Waals surface area contributed by atoms with Crippen LogP contribution in [0.1, 0.15) is 21.9 Å². The molecule has 3 aromatic rings. The van der Waals surface area contributed by atoms with Gasteiger partial charge in [-0.15, -0.1) is 0 Å². The molecule has 5 nitrogen and oxygen atoms in total. The molecule has 0 saturated carbocycles. The van der Waals surface area contributed by atoms with Crippen molar-refractivity contribution >= 4 is 17.0 Å². The van der Waals surface area contributed by atoms with Gasteiger partial charge in [-0.25, -0.2) is 9.78 Å². The van der Waals surface area contributed by atoms with E-state index in [1.54, 1.807) is 18.2 Å². The molecule has 0 spiro atoms. The van der Waals surface area contributed by atoms with Gasteiger partial charge in [-0.1, -0.05) is 6.07 Å². The number of hydrogen-bond donors (Lipinski definition) is 2. The Morgan fingerprint density at radius 2 is 2.16 bits per heavy atom. The normalized spacial score (nSPS) is 11.1. The third-order valence-electron chi connectivity index (χ3n) is 3.04. The maximum Gasteiger partial charge on any atom is 0.337 e. The molecular weight excluding hydrogens is 244 g/mol. The Balaban J connectivity index is 2.25. The number of furan rings is 1. The molecule has 1 aromatic carbocycles. The number of hydrogen-bond acceptors (Lipinski definition) is 3. The van der Waals surface area contributed by atoms with Crippen LogP contribution in [0.2, 0.25) is 0 Å². The van der Waals surface area contributed by atoms with E-state index in [1.165, 1.54) is 0 Å². The highest BCUT2D eigenvalue weighted by Crippen LogP contribution is 2.27. The Kier molecular flexibility index (Phi) is 2.41. The van der Waals surface area contributed by atoms with Crippen LogP contribution in [-0.4, -0.2) is 21.0 Å². The second-order valence-corrected chi connectivity index (χ2v) is 4.42. The largest absolute Gasteiger partial charge is 0.478 e. The van der Waals surface area contributed by atoms with E-state index in [0.29, 0.717) is 16.9 Å². The van der Waals surface area contributed by atoms with Crippen molar-refractivity contribution in [3.05, 3.63) is 41.3 Å². The van der Waals surface area contributed by atoms with E-state index in [4.69, 9.17) is 9.52 Å². The van der Waals surface area contributed by atoms with Crippen molar-refractivity contribution < 1.29 is 14.3 Å². The first-order valence-corrected chi connectivity index (χ1v) is 5.85. The minimum Gasteiger partial charge on any atom is -0.478 e. The van der Waals surface area contributed by atoms with Gasteiger partial charge in [-0.05, 0) is 32.0 Å². The first-order chi connectivity index (χ1) is 9.06. The Bertz CT molecular complexity index is 783. The van der Waals surface area contributed by atoms with Crippen molar-refractivity contribution in [2.45, 2.75) is 13.8 Å². The summed E-state index contributed by atoms with van der Waals surface area (Å²) in [5.41, 5.74) is 2.21. The lowest BCUT2D eigenvalue weighted by Gasteiger charge is -1.93. The smallest absolute Gasteiger partial charge is 0.337 e. The highest BCUT2D eigenvalue weighted by atomic mass is 16.4. The van der Waals surface area contributed by atoms with Crippen LogP contribution in [0.25, 0.3) is 22.4 Å². The fraction of sp³-hybridized carbons (Fsp3) is 0.143. The second-order valence-electron chi connectivity index (χ2n) is 4.42. The van der Waals surface area contributed by atoms with E-state index in [1.807, 2.05) is 19.9 Å². The molecule has 19 heavy (non-hydrogen) atoms. The first kappa shape index (κ1) is 11.5. The van der Waals surface area contributed by atoms with Gasteiger partial charge in [0.05, 0.1) is 16.6 Å². The van der Waals surface area contributed by atoms with Gasteiger partial charge in [-0.2, -0.15) is 0 Å². The summed E-state index contributed by atoms with van der Waals surface area (Å²) < 4.78 is 5.47. The summed E-state index contributed by atoms with van der Waals surface area (Å²) in [4.78, 5) is 18.7. The molecule has 0 aliphatic carbocycles. The Morgan fingerprint density at radius 1 is 1.37 bits per heavy atom. The molecule has 2 N–H and O–H groups in total. The molecule has 3 rings (SSSR count). The van der Waals surface area contributed by atoms with Crippen LogP contribution >= 0.6 is 0 Å². The summed E-state index contributed by atoms with van der Waals surface area (Å²) in [6, 6.07) is 6.93. The number of nitrogens with one attached hydrogen (secondary N) is 1. The van der Waals surface area contributed by atoms with Gasteiger partial charge in [0.1, 0.15) is 22.9 Å². The zero-order valence-corrected chi connectivity index (χ0v) is 10.5. The number of aryl methyl sites for hydroxylation is 2. The number of carbonyl (C=O) groups is 1. The number of imidazole rings is 1. The molecule has 0 fully saturated rings. The lowest BCUT2D eigenvalue weighted by Crippen LogP contribution is -1.96. The van der Waals surface area contributed by atoms with Crippen LogP contribution < -0.4 is 0 Å². The predicted molar refractivity (Wildman–Crippen MR) is 70.2 cm³/mol. The van der Waals surface area contributed by atoms with Crippen molar-refractivity contribution in [2.24, 2.45) is 0 Å². The van der Waals surface area contributed by atoms with Crippen molar-refractivity contribution in [2.75, 3.05) is 0 Å². The van der Waals surface area contributed by atoms with Crippen LogP contribution in [0.4, 0.5) is 0 Å². The van der Waals surface area contributed by atoms with E-state index >= 15 is 0 Å². The summed E-state index contributed by atoms with van der Waals surface area (Å²) in [5.74, 6) is 1.20. The number of aromatic amines is 1. The van der Waals surface area contributed by atoms with Crippen molar-refractivity contribution in [1.29, 1.82) is 0 Å². The van der Waals surface area contributed by atoms with Crippen molar-refractivity contribution in [3.8, 4) is 11.4 Å². The third-order valence-corrected chi connectivity index (χ3v) is 3.04. The maximum absolute atomic E-state index is 11.2. The zero-order chi connectivity index (χ0) is 13.6. The quantitative estimate of drug-likeness (QED) is 0.738. The molecule has 0 saturated heterocycles. The number of aromatic nitrogens is 2. The van der Waals surface area contributed by atoms with Crippen molar-refractivity contribution in [3.63, 3.8) is 0 Å². The molecule has 0 amide bonds. The third kappa shape index (κ3) is 1.79. The van der Waals surface area contributed by atoms with Crippen LogP contribution in [0.3, 0.4) is 0 Å². The van der Waals surface area contributed by atoms with Gasteiger partial charge >= 0.3 is 5.97 Å². The Labute approximate surface area is 108 Å². The topological polar surface area (TPSA) is 79.1 Å². The molecule has 96 valence electrons. The van der Waals surface area contributed by atoms with Crippen molar-refractivity contribution in [1.82, 2.24) is 9.97 Å². The van der Waals surface area contributed by atoms with E-state index in [0.717, 1.165) is 17.1 Å². The van der Waals surface area contributed by atoms with Gasteiger partial charge in [0.2, 0.25) is 0 Å². The molecule has 0 atom stereocenters. The van der Waals surface area contributed by atoms with Crippen LogP contribution in [-0.2, 0) is 0 Å². The summed E-state index contributed by atoms with van der Waals surface area (Å²) in [5, 5.41) is 9.15. The first-order valence-electron chi connectivity index (χ1n) is 5.85. The van der Waals surface area contributed by atoms with Gasteiger partial charge in [0, 0.05) is 0 Å². The molecule has 0 radical (unpaired) electrons. The van der Waals surface area contributed by atoms with Gasteiger partial charge in [0.15, 0.2) is 0 Å². The lowest BCUT2D eigenvalue weighted by atomic mass is 10.2. The number of para-hydroxylation sites is 1. The minimum atomic E-state index is -0.983. The van der Waals surface area contributed by atoms with E-state index < -0.39 is 5.97 Å². The van der Waals surface area contributed by atoms with Crippen LogP contribution in [0.15, 0.2) is 28.7 Å². The van der Waals surface area contributed by atoms with E-state index in [9.17, 15) is 4.79 Å². The molecule has 5 heteroatoms. The van der Waals surface area contributed by atoms with Crippen LogP contribution in [0, 0.1) is 13.8 Å². The average molecular weight is 256 g/mol. The second kappa shape index (κ2) is 3.98. The molecule has 0 aliphatic heterocycles. The molecule has 0 bridgehead atoms. The number of aromatic carboxylic acids is 1. The average Bonchev–Trinajstić information content (AvgIpc) is 2.91. The highest BCUT2D eigenvalue weighted by Gasteiger charge is 2.15. The van der Waals surface area contributed by atoms with Gasteiger partial charge in [0.25, 0.3) is 0 Å². The van der Waals surface area contributed by atoms with Crippen LogP contribution in [0.5, 0.6) is 0 Å². The summed E-state index contributed by atoms with van der Waals surface area (Å²) in [6.07, 6.45) is 0. The fourth-order valence-electron chi connectivity index (χ4n) is 2.20. The number of fused-ring (bicyclic) bond motifs is 1. The number of benzene rings is 1. The fourth-order valence-corrected chi connectivity index (χ4v) is 2.20. The number of carboxylic acids is 1. The molecule has 2 heterocycles. The summed E-state index contributed by atoms with van der Waals surface area (Å²) >= 11 is 0. The lowest BCUT2D eigenvalue weighted by molar-refractivity contribution is 0.0699. The Morgan fingerprint density at radius 3 is 2.79 bits per heavy atom. The summed E-state index contributed by atoms with van der Waals surface area (Å²) in [7, 11) is 0. The number of nitrogens with zero attached hydrogens (tertiary/aromatic N) is 1. The molecular formula is C14H12N2O3. The summed E-state index contributed by atoms with van der Waals surface area (Å²) in [6.45, 7) is 3.72. The zero-order valence-electron chi connectivity index (χ0n) is 10.5. The predicted octanol–water partition coefficient (Wildman–Crippen LogP) is 3.14. The van der Waals surface area contributed by atoms with Gasteiger partial charge < -0.3 is 14.5 Å². The number of rotatable bonds is 2. The standard InChI is InChI=1S/C14H12N2O3/c1-7-6-10(8(2)19-7)13-15-11-5-3-4-9(14(17)18)12(11)16-13/h3-6H,1-2H3,(H,15,16)(H,17,18). The molecule has 0 aliphatic rings. The molecule has 2 aromatic heterocycles. The Hall–Kier alpha value is -2.56. The highest BCUT2D eigenvalue weighted by molar-refractivity contribution is 6.01. The van der Waals surface area contributed by atoms with E-state index in [-0.39, 0.29) is 5.56 Å². The maximum atomic E-state index is 11.2. The number of carboxylic acid groups (broad SMARTS) is 1. The number of H-pyrrole nitrogens is 1. The monoisotopic (exact) mass is 256 g/mol. The van der Waals surface area contributed by atoms with E-state index in [2.05, 4.69) is 9.97 Å². The molecule has 0 unspecified atom stereocenters. The SMILES string of the molecule is Cc1cc(-c2nc3c(C(=O)O)cccc3[nH]2)c(C)o1. The minimum absolute atomic E-state index is 0.192. The van der Waals surface area contributed by atoms with Gasteiger partial charge in [-0.3, -0.25) is 0 Å².